The highest BCUT2D eigenvalue weighted by atomic mass is 35.5. The van der Waals surface area contributed by atoms with Gasteiger partial charge < -0.3 is 4.74 Å². The lowest BCUT2D eigenvalue weighted by atomic mass is 10.3. The highest BCUT2D eigenvalue weighted by Gasteiger charge is 2.10. The van der Waals surface area contributed by atoms with Crippen molar-refractivity contribution in [3.05, 3.63) is 34.7 Å². The number of rotatable bonds is 3. The second-order valence-electron chi connectivity index (χ2n) is 2.93. The molecule has 0 amide bonds. The van der Waals surface area contributed by atoms with Crippen LogP contribution < -0.4 is 4.74 Å². The van der Waals surface area contributed by atoms with Crippen LogP contribution in [0.15, 0.2) is 29.2 Å². The predicted octanol–water partition coefficient (Wildman–Crippen LogP) is 3.69. The maximum Gasteiger partial charge on any atom is 0.262 e. The lowest BCUT2D eigenvalue weighted by Crippen LogP contribution is -1.95. The summed E-state index contributed by atoms with van der Waals surface area (Å²) in [7, 11) is 0. The van der Waals surface area contributed by atoms with Gasteiger partial charge in [-0.3, -0.25) is 0 Å². The van der Waals surface area contributed by atoms with Gasteiger partial charge in [-0.05, 0) is 30.0 Å². The first-order chi connectivity index (χ1) is 8.20. The largest absolute Gasteiger partial charge is 0.435 e. The maximum atomic E-state index is 5.82. The summed E-state index contributed by atoms with van der Waals surface area (Å²) in [6.07, 6.45) is 1.95. The average Bonchev–Trinajstić information content (AvgIpc) is 2.34. The van der Waals surface area contributed by atoms with E-state index >= 15 is 0 Å². The zero-order chi connectivity index (χ0) is 12.3. The SMILES string of the molecule is CSc1ccccc1Oc1nc(Cl)nnc1Cl. The molecule has 1 aromatic carbocycles. The molecule has 2 aromatic rings. The van der Waals surface area contributed by atoms with E-state index in [0.29, 0.717) is 5.75 Å². The number of hydrogen-bond acceptors (Lipinski definition) is 5. The van der Waals surface area contributed by atoms with Gasteiger partial charge in [-0.2, -0.15) is 4.98 Å². The molecular formula is C10H7Cl2N3OS. The number of aromatic nitrogens is 3. The maximum absolute atomic E-state index is 5.82. The van der Waals surface area contributed by atoms with E-state index in [4.69, 9.17) is 27.9 Å². The molecule has 0 saturated carbocycles. The Morgan fingerprint density at radius 1 is 1.18 bits per heavy atom. The lowest BCUT2D eigenvalue weighted by molar-refractivity contribution is 0.447. The quantitative estimate of drug-likeness (QED) is 0.806. The van der Waals surface area contributed by atoms with E-state index in [0.717, 1.165) is 4.90 Å². The summed E-state index contributed by atoms with van der Waals surface area (Å²) in [5.41, 5.74) is 0. The van der Waals surface area contributed by atoms with Crippen LogP contribution >= 0.6 is 35.0 Å². The average molecular weight is 288 g/mol. The van der Waals surface area contributed by atoms with Crippen LogP contribution in [0.3, 0.4) is 0 Å². The lowest BCUT2D eigenvalue weighted by Gasteiger charge is -2.08. The minimum absolute atomic E-state index is 0.00830. The molecule has 0 unspecified atom stereocenters. The fourth-order valence-corrected chi connectivity index (χ4v) is 1.91. The van der Waals surface area contributed by atoms with Crippen LogP contribution in [-0.2, 0) is 0 Å². The summed E-state index contributed by atoms with van der Waals surface area (Å²) in [4.78, 5) is 4.84. The van der Waals surface area contributed by atoms with Crippen LogP contribution in [0.4, 0.5) is 0 Å². The van der Waals surface area contributed by atoms with Crippen LogP contribution in [-0.4, -0.2) is 21.4 Å². The third kappa shape index (κ3) is 3.00. The van der Waals surface area contributed by atoms with E-state index in [9.17, 15) is 0 Å². The fourth-order valence-electron chi connectivity index (χ4n) is 1.15. The molecule has 17 heavy (non-hydrogen) atoms. The molecule has 2 rings (SSSR count). The van der Waals surface area contributed by atoms with E-state index in [1.807, 2.05) is 30.5 Å². The highest BCUT2D eigenvalue weighted by molar-refractivity contribution is 7.98. The molecule has 0 spiro atoms. The molecule has 88 valence electrons. The number of halogens is 2. The van der Waals surface area contributed by atoms with E-state index in [-0.39, 0.29) is 16.3 Å². The van der Waals surface area contributed by atoms with Crippen molar-refractivity contribution >= 4 is 35.0 Å². The Labute approximate surface area is 112 Å². The zero-order valence-electron chi connectivity index (χ0n) is 8.72. The second-order valence-corrected chi connectivity index (χ2v) is 4.47. The van der Waals surface area contributed by atoms with Gasteiger partial charge in [0.05, 0.1) is 0 Å². The topological polar surface area (TPSA) is 47.9 Å². The molecule has 0 fully saturated rings. The number of benzene rings is 1. The minimum atomic E-state index is -0.00830. The number of hydrogen-bond donors (Lipinski definition) is 0. The summed E-state index contributed by atoms with van der Waals surface area (Å²) in [6, 6.07) is 7.53. The van der Waals surface area contributed by atoms with Crippen molar-refractivity contribution in [2.75, 3.05) is 6.26 Å². The number of thioether (sulfide) groups is 1. The van der Waals surface area contributed by atoms with Crippen LogP contribution in [0.5, 0.6) is 11.6 Å². The third-order valence-electron chi connectivity index (χ3n) is 1.87. The Morgan fingerprint density at radius 3 is 2.71 bits per heavy atom. The van der Waals surface area contributed by atoms with Gasteiger partial charge in [0.1, 0.15) is 5.75 Å². The summed E-state index contributed by atoms with van der Waals surface area (Å²) in [5, 5.41) is 7.20. The fraction of sp³-hybridized carbons (Fsp3) is 0.100. The highest BCUT2D eigenvalue weighted by Crippen LogP contribution is 2.32. The van der Waals surface area contributed by atoms with Gasteiger partial charge in [0.2, 0.25) is 10.4 Å². The molecule has 1 aromatic heterocycles. The summed E-state index contributed by atoms with van der Waals surface area (Å²) >= 11 is 13.0. The molecule has 7 heteroatoms. The Morgan fingerprint density at radius 2 is 1.94 bits per heavy atom. The van der Waals surface area contributed by atoms with Gasteiger partial charge in [0, 0.05) is 4.90 Å². The van der Waals surface area contributed by atoms with Gasteiger partial charge in [-0.15, -0.1) is 22.0 Å². The Balaban J connectivity index is 2.34. The van der Waals surface area contributed by atoms with Crippen LogP contribution in [0.25, 0.3) is 0 Å². The normalized spacial score (nSPS) is 10.3. The van der Waals surface area contributed by atoms with Gasteiger partial charge in [0.25, 0.3) is 5.88 Å². The Kier molecular flexibility index (Phi) is 4.04. The molecular weight excluding hydrogens is 281 g/mol. The molecule has 0 N–H and O–H groups in total. The van der Waals surface area contributed by atoms with E-state index < -0.39 is 0 Å². The zero-order valence-corrected chi connectivity index (χ0v) is 11.1. The first-order valence-electron chi connectivity index (χ1n) is 4.57. The predicted molar refractivity (Wildman–Crippen MR) is 68.1 cm³/mol. The molecule has 0 aliphatic carbocycles. The van der Waals surface area contributed by atoms with Crippen molar-refractivity contribution in [2.24, 2.45) is 0 Å². The number of para-hydroxylation sites is 1. The van der Waals surface area contributed by atoms with Crippen molar-refractivity contribution in [1.29, 1.82) is 0 Å². The van der Waals surface area contributed by atoms with Crippen LogP contribution in [0.2, 0.25) is 10.4 Å². The molecule has 0 aliphatic rings. The smallest absolute Gasteiger partial charge is 0.262 e. The minimum Gasteiger partial charge on any atom is -0.435 e. The van der Waals surface area contributed by atoms with Gasteiger partial charge in [-0.25, -0.2) is 0 Å². The van der Waals surface area contributed by atoms with Crippen molar-refractivity contribution in [3.63, 3.8) is 0 Å². The molecule has 0 aliphatic heterocycles. The van der Waals surface area contributed by atoms with Crippen molar-refractivity contribution in [1.82, 2.24) is 15.2 Å². The first kappa shape index (κ1) is 12.4. The monoisotopic (exact) mass is 287 g/mol. The van der Waals surface area contributed by atoms with Crippen molar-refractivity contribution < 1.29 is 4.74 Å². The third-order valence-corrected chi connectivity index (χ3v) is 3.04. The number of nitrogens with zero attached hydrogens (tertiary/aromatic N) is 3. The van der Waals surface area contributed by atoms with Crippen LogP contribution in [0.1, 0.15) is 0 Å². The second kappa shape index (κ2) is 5.53. The summed E-state index contributed by atoms with van der Waals surface area (Å²) < 4.78 is 5.56. The van der Waals surface area contributed by atoms with Crippen molar-refractivity contribution in [2.45, 2.75) is 4.90 Å². The van der Waals surface area contributed by atoms with Gasteiger partial charge in [0.15, 0.2) is 0 Å². The molecule has 0 atom stereocenters. The molecule has 0 bridgehead atoms. The molecule has 1 heterocycles. The number of ether oxygens (including phenoxy) is 1. The van der Waals surface area contributed by atoms with Crippen LogP contribution in [0, 0.1) is 0 Å². The van der Waals surface area contributed by atoms with Crippen molar-refractivity contribution in [3.8, 4) is 11.6 Å². The molecule has 0 saturated heterocycles. The summed E-state index contributed by atoms with van der Waals surface area (Å²) in [5.74, 6) is 0.798. The van der Waals surface area contributed by atoms with Gasteiger partial charge in [-0.1, -0.05) is 23.7 Å². The van der Waals surface area contributed by atoms with E-state index in [1.54, 1.807) is 11.8 Å². The standard InChI is InChI=1S/C10H7Cl2N3OS/c1-17-7-5-3-2-4-6(7)16-9-8(11)14-15-10(12)13-9/h2-5H,1H3. The Hall–Kier alpha value is -1.04. The van der Waals surface area contributed by atoms with E-state index in [2.05, 4.69) is 15.2 Å². The van der Waals surface area contributed by atoms with Gasteiger partial charge >= 0.3 is 0 Å². The Bertz CT molecular complexity index is 539. The molecule has 4 nitrogen and oxygen atoms in total. The molecule has 0 radical (unpaired) electrons. The first-order valence-corrected chi connectivity index (χ1v) is 6.55. The summed E-state index contributed by atoms with van der Waals surface area (Å²) in [6.45, 7) is 0. The van der Waals surface area contributed by atoms with E-state index in [1.165, 1.54) is 0 Å².